The Balaban J connectivity index is 1.47. The van der Waals surface area contributed by atoms with Gasteiger partial charge in [-0.1, -0.05) is 89.8 Å². The number of carboxylic acid groups (broad SMARTS) is 1. The second-order valence-electron chi connectivity index (χ2n) is 15.8. The van der Waals surface area contributed by atoms with Gasteiger partial charge in [-0.2, -0.15) is 0 Å². The smallest absolute Gasteiger partial charge is 0.305 e. The number of carbonyl (C=O) groups is 3. The highest BCUT2D eigenvalue weighted by atomic mass is 32.1. The van der Waals surface area contributed by atoms with Crippen LogP contribution in [0.1, 0.15) is 87.8 Å². The fraction of sp³-hybridized carbons (Fsp3) is 0.477. The lowest BCUT2D eigenvalue weighted by Gasteiger charge is -2.27. The number of carboxylic acids is 1. The van der Waals surface area contributed by atoms with Gasteiger partial charge in [-0.15, -0.1) is 11.3 Å². The molecule has 4 aromatic rings. The highest BCUT2D eigenvalue weighted by molar-refractivity contribution is 7.12. The Morgan fingerprint density at radius 1 is 0.825 bits per heavy atom. The highest BCUT2D eigenvalue weighted by Gasteiger charge is 2.31. The summed E-state index contributed by atoms with van der Waals surface area (Å²) in [5.74, 6) is -0.951. The van der Waals surface area contributed by atoms with Crippen LogP contribution in [0.2, 0.25) is 0 Å². The molecule has 4 rings (SSSR count). The average Bonchev–Trinajstić information content (AvgIpc) is 3.70. The Morgan fingerprint density at radius 2 is 1.47 bits per heavy atom. The van der Waals surface area contributed by atoms with Crippen LogP contribution in [0.3, 0.4) is 0 Å². The summed E-state index contributed by atoms with van der Waals surface area (Å²) in [6.45, 7) is 10.1. The standard InChI is InChI=1S/C44H60N6O6S/c1-8-9-10-11-12-25-56-34-19-17-31(18-20-34)33-28-45-40(46-29-33)32-15-13-30(14-16-32)26-35(47-42(54)37-21-22-38(57-37)44(2,3)4)41(53)48-36(27-39(51)52)43(55)50(7)24-23-49(5)6/h13-22,28-29,35-36,42,47,54H,8-12,23-27H2,1-7H3,(H,48,53)(H,51,52)/t35-,36-,42?/m0/s1. The first-order valence-corrected chi connectivity index (χ1v) is 20.6. The lowest BCUT2D eigenvalue weighted by atomic mass is 9.95. The molecule has 0 saturated heterocycles. The van der Waals surface area contributed by atoms with E-state index in [0.29, 0.717) is 30.4 Å². The second-order valence-corrected chi connectivity index (χ2v) is 16.9. The molecule has 0 bridgehead atoms. The van der Waals surface area contributed by atoms with E-state index in [4.69, 9.17) is 4.74 Å². The predicted molar refractivity (Wildman–Crippen MR) is 226 cm³/mol. The number of ether oxygens (including phenoxy) is 1. The van der Waals surface area contributed by atoms with Crippen molar-refractivity contribution in [2.45, 2.75) is 96.4 Å². The van der Waals surface area contributed by atoms with Crippen LogP contribution in [0.5, 0.6) is 5.75 Å². The van der Waals surface area contributed by atoms with Crippen LogP contribution in [0, 0.1) is 0 Å². The quantitative estimate of drug-likeness (QED) is 0.0499. The minimum atomic E-state index is -1.29. The molecule has 3 atom stereocenters. The summed E-state index contributed by atoms with van der Waals surface area (Å²) >= 11 is 1.45. The number of nitrogens with one attached hydrogen (secondary N) is 2. The molecule has 0 aliphatic rings. The van der Waals surface area contributed by atoms with E-state index < -0.39 is 42.5 Å². The van der Waals surface area contributed by atoms with Crippen LogP contribution in [0.4, 0.5) is 0 Å². The SMILES string of the molecule is CCCCCCCOc1ccc(-c2cnc(-c3ccc(C[C@H](NC(O)c4ccc(C(C)(C)C)s4)C(=O)N[C@@H](CC(=O)O)C(=O)N(C)CCN(C)C)cc3)nc2)cc1. The number of carbonyl (C=O) groups excluding carboxylic acids is 2. The molecule has 13 heteroatoms. The van der Waals surface area contributed by atoms with Gasteiger partial charge in [-0.05, 0) is 67.7 Å². The Bertz CT molecular complexity index is 1860. The van der Waals surface area contributed by atoms with Crippen LogP contribution in [0.15, 0.2) is 73.1 Å². The van der Waals surface area contributed by atoms with Gasteiger partial charge in [0.2, 0.25) is 11.8 Å². The number of unbranched alkanes of at least 4 members (excludes halogenated alkanes) is 4. The van der Waals surface area contributed by atoms with Crippen LogP contribution >= 0.6 is 11.3 Å². The molecule has 4 N–H and O–H groups in total. The number of aliphatic carboxylic acids is 1. The number of nitrogens with zero attached hydrogens (tertiary/aromatic N) is 4. The molecule has 0 aliphatic carbocycles. The molecule has 0 radical (unpaired) electrons. The number of benzene rings is 2. The zero-order valence-corrected chi connectivity index (χ0v) is 35.3. The van der Waals surface area contributed by atoms with Gasteiger partial charge in [-0.3, -0.25) is 19.7 Å². The number of likely N-dealkylation sites (N-methyl/N-ethyl adjacent to an activating group) is 2. The molecule has 0 aliphatic heterocycles. The van der Waals surface area contributed by atoms with E-state index in [-0.39, 0.29) is 11.8 Å². The fourth-order valence-electron chi connectivity index (χ4n) is 6.07. The first kappa shape index (κ1) is 45.0. The van der Waals surface area contributed by atoms with Gasteiger partial charge >= 0.3 is 5.97 Å². The molecular weight excluding hydrogens is 741 g/mol. The van der Waals surface area contributed by atoms with Crippen LogP contribution < -0.4 is 15.4 Å². The lowest BCUT2D eigenvalue weighted by Crippen LogP contribution is -2.55. The molecule has 0 spiro atoms. The molecule has 1 unspecified atom stereocenters. The average molecular weight is 801 g/mol. The van der Waals surface area contributed by atoms with Crippen molar-refractivity contribution in [3.8, 4) is 28.3 Å². The first-order chi connectivity index (χ1) is 27.1. The Labute approximate surface area is 341 Å². The number of rotatable bonds is 22. The third-order valence-electron chi connectivity index (χ3n) is 9.57. The van der Waals surface area contributed by atoms with E-state index in [9.17, 15) is 24.6 Å². The third-order valence-corrected chi connectivity index (χ3v) is 11.1. The van der Waals surface area contributed by atoms with E-state index in [1.165, 1.54) is 41.9 Å². The Morgan fingerprint density at radius 3 is 2.07 bits per heavy atom. The van der Waals surface area contributed by atoms with E-state index >= 15 is 0 Å². The Kier molecular flexibility index (Phi) is 17.2. The van der Waals surface area contributed by atoms with Crippen molar-refractivity contribution in [2.24, 2.45) is 0 Å². The van der Waals surface area contributed by atoms with Gasteiger partial charge in [-0.25, -0.2) is 9.97 Å². The minimum Gasteiger partial charge on any atom is -0.494 e. The summed E-state index contributed by atoms with van der Waals surface area (Å²) in [6.07, 6.45) is 7.91. The summed E-state index contributed by atoms with van der Waals surface area (Å²) in [5, 5.41) is 26.7. The molecule has 2 aromatic carbocycles. The fourth-order valence-corrected chi connectivity index (χ4v) is 7.08. The molecule has 2 amide bonds. The number of aliphatic hydroxyl groups excluding tert-OH is 1. The Hall–Kier alpha value is -4.69. The van der Waals surface area contributed by atoms with E-state index in [0.717, 1.165) is 39.3 Å². The number of hydrogen-bond donors (Lipinski definition) is 4. The van der Waals surface area contributed by atoms with Crippen molar-refractivity contribution in [2.75, 3.05) is 40.8 Å². The normalized spacial score (nSPS) is 13.2. The van der Waals surface area contributed by atoms with Crippen molar-refractivity contribution in [3.63, 3.8) is 0 Å². The summed E-state index contributed by atoms with van der Waals surface area (Å²) < 4.78 is 5.91. The van der Waals surface area contributed by atoms with E-state index in [1.807, 2.05) is 79.7 Å². The van der Waals surface area contributed by atoms with E-state index in [1.54, 1.807) is 19.4 Å². The molecule has 0 saturated carbocycles. The molecule has 57 heavy (non-hydrogen) atoms. The van der Waals surface area contributed by atoms with Crippen LogP contribution in [-0.4, -0.2) is 101 Å². The summed E-state index contributed by atoms with van der Waals surface area (Å²) in [5.41, 5.74) is 3.29. The topological polar surface area (TPSA) is 157 Å². The van der Waals surface area contributed by atoms with E-state index in [2.05, 4.69) is 48.3 Å². The number of aromatic nitrogens is 2. The summed E-state index contributed by atoms with van der Waals surface area (Å²) in [6, 6.07) is 16.9. The van der Waals surface area contributed by atoms with Gasteiger partial charge in [0.05, 0.1) is 19.1 Å². The van der Waals surface area contributed by atoms with Crippen molar-refractivity contribution in [3.05, 3.63) is 88.4 Å². The zero-order valence-electron chi connectivity index (χ0n) is 34.5. The van der Waals surface area contributed by atoms with Crippen molar-refractivity contribution >= 4 is 29.1 Å². The van der Waals surface area contributed by atoms with Gasteiger partial charge in [0, 0.05) is 53.4 Å². The van der Waals surface area contributed by atoms with Crippen LogP contribution in [0.25, 0.3) is 22.5 Å². The predicted octanol–water partition coefficient (Wildman–Crippen LogP) is 6.69. The number of aliphatic hydroxyl groups is 1. The van der Waals surface area contributed by atoms with Crippen molar-refractivity contribution < 1.29 is 29.3 Å². The van der Waals surface area contributed by atoms with Gasteiger partial charge < -0.3 is 30.1 Å². The molecule has 0 fully saturated rings. The molecule has 2 heterocycles. The van der Waals surface area contributed by atoms with Gasteiger partial charge in [0.15, 0.2) is 5.82 Å². The number of amides is 2. The molecule has 308 valence electrons. The number of thiophene rings is 1. The second kappa shape index (κ2) is 21.7. The monoisotopic (exact) mass is 800 g/mol. The van der Waals surface area contributed by atoms with Gasteiger partial charge in [0.25, 0.3) is 0 Å². The number of hydrogen-bond acceptors (Lipinski definition) is 10. The van der Waals surface area contributed by atoms with Crippen LogP contribution in [-0.2, 0) is 26.2 Å². The maximum Gasteiger partial charge on any atom is 0.305 e. The lowest BCUT2D eigenvalue weighted by molar-refractivity contribution is -0.143. The summed E-state index contributed by atoms with van der Waals surface area (Å²) in [4.78, 5) is 53.3. The van der Waals surface area contributed by atoms with Crippen molar-refractivity contribution in [1.82, 2.24) is 30.4 Å². The summed E-state index contributed by atoms with van der Waals surface area (Å²) in [7, 11) is 5.33. The molecule has 2 aromatic heterocycles. The molecular formula is C44H60N6O6S. The zero-order chi connectivity index (χ0) is 41.5. The first-order valence-electron chi connectivity index (χ1n) is 19.8. The van der Waals surface area contributed by atoms with Gasteiger partial charge in [0.1, 0.15) is 18.0 Å². The maximum atomic E-state index is 13.9. The largest absolute Gasteiger partial charge is 0.494 e. The maximum absolute atomic E-state index is 13.9. The minimum absolute atomic E-state index is 0.123. The third kappa shape index (κ3) is 14.3. The highest BCUT2D eigenvalue weighted by Crippen LogP contribution is 2.32. The van der Waals surface area contributed by atoms with Crippen molar-refractivity contribution in [1.29, 1.82) is 0 Å². The molecule has 12 nitrogen and oxygen atoms in total.